The number of rotatable bonds is 2. The maximum atomic E-state index is 6.09. The molecule has 0 radical (unpaired) electrons. The lowest BCUT2D eigenvalue weighted by Crippen LogP contribution is -2.55. The van der Waals surface area contributed by atoms with Gasteiger partial charge in [0.1, 0.15) is 0 Å². The zero-order chi connectivity index (χ0) is 13.0. The number of anilines is 1. The first-order valence-corrected chi connectivity index (χ1v) is 6.70. The van der Waals surface area contributed by atoms with Crippen LogP contribution >= 0.6 is 11.6 Å². The van der Waals surface area contributed by atoms with Crippen molar-refractivity contribution in [1.29, 1.82) is 0 Å². The van der Waals surface area contributed by atoms with E-state index in [1.807, 2.05) is 24.3 Å². The topological polar surface area (TPSA) is 41.6 Å². The normalized spacial score (nSPS) is 29.3. The Hall–Kier alpha value is -1.22. The molecule has 0 bridgehead atoms. The third-order valence-electron chi connectivity index (χ3n) is 4.66. The van der Waals surface area contributed by atoms with Crippen molar-refractivity contribution < 1.29 is 0 Å². The molecule has 0 amide bonds. The van der Waals surface area contributed by atoms with E-state index >= 15 is 0 Å². The van der Waals surface area contributed by atoms with E-state index < -0.39 is 0 Å². The van der Waals surface area contributed by atoms with Crippen LogP contribution in [0.3, 0.4) is 0 Å². The van der Waals surface area contributed by atoms with Crippen molar-refractivity contribution in [3.63, 3.8) is 0 Å². The summed E-state index contributed by atoms with van der Waals surface area (Å²) in [7, 11) is 0. The van der Waals surface area contributed by atoms with E-state index in [4.69, 9.17) is 17.3 Å². The second kappa shape index (κ2) is 3.64. The van der Waals surface area contributed by atoms with Crippen LogP contribution in [0.4, 0.5) is 5.69 Å². The van der Waals surface area contributed by atoms with Crippen LogP contribution in [-0.4, -0.2) is 18.0 Å². The Morgan fingerprint density at radius 3 is 2.39 bits per heavy atom. The van der Waals surface area contributed by atoms with E-state index in [-0.39, 0.29) is 5.54 Å². The molecule has 0 spiro atoms. The lowest BCUT2D eigenvalue weighted by Gasteiger charge is -2.41. The summed E-state index contributed by atoms with van der Waals surface area (Å²) in [6.07, 6.45) is 2.49. The number of guanidine groups is 1. The summed E-state index contributed by atoms with van der Waals surface area (Å²) in [4.78, 5) is 6.64. The van der Waals surface area contributed by atoms with E-state index in [0.29, 0.717) is 11.4 Å². The summed E-state index contributed by atoms with van der Waals surface area (Å²) >= 11 is 5.95. The van der Waals surface area contributed by atoms with Gasteiger partial charge in [0.15, 0.2) is 5.96 Å². The van der Waals surface area contributed by atoms with Gasteiger partial charge >= 0.3 is 0 Å². The molecule has 18 heavy (non-hydrogen) atoms. The van der Waals surface area contributed by atoms with Crippen LogP contribution in [0, 0.1) is 5.41 Å². The molecule has 1 saturated carbocycles. The number of hydrogen-bond donors (Lipinski definition) is 1. The van der Waals surface area contributed by atoms with Gasteiger partial charge in [0.25, 0.3) is 0 Å². The van der Waals surface area contributed by atoms with Gasteiger partial charge in [0.05, 0.1) is 12.1 Å². The van der Waals surface area contributed by atoms with Crippen molar-refractivity contribution in [1.82, 2.24) is 0 Å². The second-order valence-corrected chi connectivity index (χ2v) is 6.26. The summed E-state index contributed by atoms with van der Waals surface area (Å²) in [6, 6.07) is 7.83. The van der Waals surface area contributed by atoms with Crippen molar-refractivity contribution in [3.05, 3.63) is 29.3 Å². The molecule has 1 aromatic rings. The molecule has 1 heterocycles. The van der Waals surface area contributed by atoms with Gasteiger partial charge in [-0.05, 0) is 49.4 Å². The number of nitrogens with zero attached hydrogens (tertiary/aromatic N) is 2. The molecule has 4 heteroatoms. The largest absolute Gasteiger partial charge is 0.369 e. The molecule has 0 saturated heterocycles. The lowest BCUT2D eigenvalue weighted by molar-refractivity contribution is 0.318. The Kier molecular flexibility index (Phi) is 2.39. The number of halogens is 1. The third kappa shape index (κ3) is 1.53. The molecule has 3 nitrogen and oxygen atoms in total. The van der Waals surface area contributed by atoms with Gasteiger partial charge in [0.2, 0.25) is 0 Å². The summed E-state index contributed by atoms with van der Waals surface area (Å²) in [6.45, 7) is 5.36. The molecule has 1 aromatic carbocycles. The molecule has 1 atom stereocenters. The molecule has 0 aromatic heterocycles. The molecule has 1 aliphatic heterocycles. The van der Waals surface area contributed by atoms with E-state index in [2.05, 4.69) is 23.7 Å². The molecule has 1 aliphatic carbocycles. The van der Waals surface area contributed by atoms with Crippen molar-refractivity contribution in [3.8, 4) is 0 Å². The fraction of sp³-hybridized carbons (Fsp3) is 0.500. The van der Waals surface area contributed by atoms with Crippen LogP contribution in [0.15, 0.2) is 29.3 Å². The van der Waals surface area contributed by atoms with Crippen LogP contribution in [0.2, 0.25) is 5.02 Å². The first-order chi connectivity index (χ1) is 8.46. The maximum Gasteiger partial charge on any atom is 0.196 e. The van der Waals surface area contributed by atoms with Gasteiger partial charge in [0, 0.05) is 10.7 Å². The van der Waals surface area contributed by atoms with Gasteiger partial charge in [-0.25, -0.2) is 0 Å². The number of aliphatic imine (C=N–C) groups is 1. The van der Waals surface area contributed by atoms with Crippen LogP contribution in [0.1, 0.15) is 26.7 Å². The molecular formula is C14H18ClN3. The van der Waals surface area contributed by atoms with Gasteiger partial charge < -0.3 is 10.6 Å². The zero-order valence-electron chi connectivity index (χ0n) is 10.8. The molecular weight excluding hydrogens is 246 g/mol. The van der Waals surface area contributed by atoms with Gasteiger partial charge in [-0.3, -0.25) is 4.99 Å². The highest BCUT2D eigenvalue weighted by Crippen LogP contribution is 2.57. The smallest absolute Gasteiger partial charge is 0.196 e. The van der Waals surface area contributed by atoms with E-state index in [9.17, 15) is 0 Å². The molecule has 2 N–H and O–H groups in total. The zero-order valence-corrected chi connectivity index (χ0v) is 11.5. The standard InChI is InChI=1S/C14H18ClN3/c1-13(7-8-13)14(2)9-17-12(16)18(14)11-5-3-10(15)4-6-11/h3-6H,7-9H2,1-2H3,(H2,16,17). The van der Waals surface area contributed by atoms with Crippen LogP contribution < -0.4 is 10.6 Å². The quantitative estimate of drug-likeness (QED) is 0.891. The predicted octanol–water partition coefficient (Wildman–Crippen LogP) is 3.03. The first-order valence-electron chi connectivity index (χ1n) is 6.32. The minimum Gasteiger partial charge on any atom is -0.369 e. The summed E-state index contributed by atoms with van der Waals surface area (Å²) in [5.74, 6) is 0.618. The van der Waals surface area contributed by atoms with Crippen LogP contribution in [0.5, 0.6) is 0 Å². The van der Waals surface area contributed by atoms with Crippen molar-refractivity contribution >= 4 is 23.2 Å². The average molecular weight is 264 g/mol. The second-order valence-electron chi connectivity index (χ2n) is 5.82. The van der Waals surface area contributed by atoms with Crippen molar-refractivity contribution in [2.45, 2.75) is 32.2 Å². The molecule has 96 valence electrons. The Morgan fingerprint density at radius 2 is 1.83 bits per heavy atom. The Labute approximate surface area is 113 Å². The maximum absolute atomic E-state index is 6.09. The minimum atomic E-state index is -0.00902. The van der Waals surface area contributed by atoms with E-state index in [0.717, 1.165) is 17.3 Å². The summed E-state index contributed by atoms with van der Waals surface area (Å²) in [5, 5.41) is 0.743. The Bertz CT molecular complexity index is 504. The van der Waals surface area contributed by atoms with Crippen LogP contribution in [-0.2, 0) is 0 Å². The fourth-order valence-corrected chi connectivity index (χ4v) is 2.95. The van der Waals surface area contributed by atoms with Gasteiger partial charge in [-0.1, -0.05) is 18.5 Å². The summed E-state index contributed by atoms with van der Waals surface area (Å²) < 4.78 is 0. The monoisotopic (exact) mass is 263 g/mol. The van der Waals surface area contributed by atoms with Crippen molar-refractivity contribution in [2.75, 3.05) is 11.4 Å². The lowest BCUT2D eigenvalue weighted by atomic mass is 9.82. The van der Waals surface area contributed by atoms with E-state index in [1.165, 1.54) is 12.8 Å². The highest BCUT2D eigenvalue weighted by Gasteiger charge is 2.58. The number of nitrogens with two attached hydrogens (primary N) is 1. The van der Waals surface area contributed by atoms with Gasteiger partial charge in [-0.2, -0.15) is 0 Å². The molecule has 1 fully saturated rings. The third-order valence-corrected chi connectivity index (χ3v) is 4.91. The minimum absolute atomic E-state index is 0.00902. The molecule has 3 rings (SSSR count). The first kappa shape index (κ1) is 11.8. The molecule has 1 unspecified atom stereocenters. The SMILES string of the molecule is CC1(C2(C)CN=C(N)N2c2ccc(Cl)cc2)CC1. The Morgan fingerprint density at radius 1 is 1.22 bits per heavy atom. The van der Waals surface area contributed by atoms with Crippen molar-refractivity contribution in [2.24, 2.45) is 16.1 Å². The van der Waals surface area contributed by atoms with Gasteiger partial charge in [-0.15, -0.1) is 0 Å². The highest BCUT2D eigenvalue weighted by molar-refractivity contribution is 6.30. The average Bonchev–Trinajstić information content (AvgIpc) is 3.02. The highest BCUT2D eigenvalue weighted by atomic mass is 35.5. The fourth-order valence-electron chi connectivity index (χ4n) is 2.82. The number of benzene rings is 1. The summed E-state index contributed by atoms with van der Waals surface area (Å²) in [5.41, 5.74) is 7.48. The predicted molar refractivity (Wildman–Crippen MR) is 76.2 cm³/mol. The Balaban J connectivity index is 2.02. The van der Waals surface area contributed by atoms with E-state index in [1.54, 1.807) is 0 Å². The van der Waals surface area contributed by atoms with Crippen LogP contribution in [0.25, 0.3) is 0 Å². The molecule has 2 aliphatic rings. The number of hydrogen-bond acceptors (Lipinski definition) is 3.